The molecule has 2 heterocycles. The van der Waals surface area contributed by atoms with Crippen LogP contribution in [-0.4, -0.2) is 61.4 Å². The fourth-order valence-corrected chi connectivity index (χ4v) is 2.95. The molecule has 0 aliphatic carbocycles. The quantitative estimate of drug-likeness (QED) is 0.561. The van der Waals surface area contributed by atoms with Gasteiger partial charge in [0.15, 0.2) is 0 Å². The van der Waals surface area contributed by atoms with Crippen LogP contribution in [-0.2, 0) is 4.74 Å². The monoisotopic (exact) mass is 389 g/mol. The first-order chi connectivity index (χ1) is 13.5. The fourth-order valence-electron chi connectivity index (χ4n) is 2.95. The number of nitrogens with one attached hydrogen (secondary N) is 2. The van der Waals surface area contributed by atoms with Gasteiger partial charge < -0.3 is 25.1 Å². The van der Waals surface area contributed by atoms with E-state index in [0.29, 0.717) is 31.0 Å². The maximum Gasteiger partial charge on any atom is 0.337 e. The van der Waals surface area contributed by atoms with Gasteiger partial charge in [0.05, 0.1) is 42.9 Å². The third kappa shape index (κ3) is 4.75. The minimum atomic E-state index is -1.06. The van der Waals surface area contributed by atoms with E-state index >= 15 is 0 Å². The SMILES string of the molecule is CN(C)CCOCCN1NC(Nc2cnccc2C(=O)O)c2cc(F)ccc21. The third-order valence-electron chi connectivity index (χ3n) is 4.37. The van der Waals surface area contributed by atoms with Crippen molar-refractivity contribution >= 4 is 17.3 Å². The number of aromatic carboxylic acids is 1. The van der Waals surface area contributed by atoms with E-state index in [9.17, 15) is 14.3 Å². The molecule has 0 spiro atoms. The Morgan fingerprint density at radius 2 is 2.21 bits per heavy atom. The van der Waals surface area contributed by atoms with Gasteiger partial charge in [0.1, 0.15) is 12.0 Å². The lowest BCUT2D eigenvalue weighted by atomic mass is 10.1. The van der Waals surface area contributed by atoms with Crippen molar-refractivity contribution in [3.05, 3.63) is 53.6 Å². The van der Waals surface area contributed by atoms with E-state index in [1.54, 1.807) is 6.07 Å². The van der Waals surface area contributed by atoms with E-state index < -0.39 is 12.1 Å². The average molecular weight is 389 g/mol. The summed E-state index contributed by atoms with van der Waals surface area (Å²) in [5.74, 6) is -1.42. The van der Waals surface area contributed by atoms with Crippen LogP contribution in [0.1, 0.15) is 22.1 Å². The summed E-state index contributed by atoms with van der Waals surface area (Å²) in [5.41, 5.74) is 5.20. The zero-order valence-electron chi connectivity index (χ0n) is 15.9. The number of hydrogen-bond donors (Lipinski definition) is 3. The molecule has 0 radical (unpaired) electrons. The molecule has 1 aliphatic heterocycles. The molecule has 3 N–H and O–H groups in total. The molecule has 150 valence electrons. The van der Waals surface area contributed by atoms with Gasteiger partial charge in [0, 0.05) is 18.3 Å². The largest absolute Gasteiger partial charge is 0.478 e. The van der Waals surface area contributed by atoms with E-state index in [-0.39, 0.29) is 11.4 Å². The van der Waals surface area contributed by atoms with Gasteiger partial charge in [0.2, 0.25) is 0 Å². The lowest BCUT2D eigenvalue weighted by Crippen LogP contribution is -2.39. The van der Waals surface area contributed by atoms with Crippen molar-refractivity contribution in [2.24, 2.45) is 0 Å². The van der Waals surface area contributed by atoms with Crippen LogP contribution in [0.25, 0.3) is 0 Å². The number of ether oxygens (including phenoxy) is 1. The predicted octanol–water partition coefficient (Wildman–Crippen LogP) is 1.93. The molecule has 2 aromatic rings. The van der Waals surface area contributed by atoms with Gasteiger partial charge in [-0.15, -0.1) is 0 Å². The van der Waals surface area contributed by atoms with Gasteiger partial charge in [-0.1, -0.05) is 0 Å². The van der Waals surface area contributed by atoms with Crippen molar-refractivity contribution in [1.29, 1.82) is 0 Å². The van der Waals surface area contributed by atoms with E-state index in [4.69, 9.17) is 4.74 Å². The van der Waals surface area contributed by atoms with Gasteiger partial charge in [-0.2, -0.15) is 0 Å². The Kier molecular flexibility index (Phi) is 6.40. The molecule has 1 atom stereocenters. The number of aromatic nitrogens is 1. The summed E-state index contributed by atoms with van der Waals surface area (Å²) in [7, 11) is 3.96. The Morgan fingerprint density at radius 3 is 2.96 bits per heavy atom. The molecule has 1 unspecified atom stereocenters. The van der Waals surface area contributed by atoms with Crippen molar-refractivity contribution in [3.63, 3.8) is 0 Å². The number of nitrogens with zero attached hydrogens (tertiary/aromatic N) is 3. The second-order valence-electron chi connectivity index (χ2n) is 6.70. The first-order valence-corrected chi connectivity index (χ1v) is 8.95. The van der Waals surface area contributed by atoms with Crippen LogP contribution in [0, 0.1) is 5.82 Å². The van der Waals surface area contributed by atoms with E-state index in [0.717, 1.165) is 12.2 Å². The number of hydrazine groups is 1. The Morgan fingerprint density at radius 1 is 1.39 bits per heavy atom. The summed E-state index contributed by atoms with van der Waals surface area (Å²) in [6.45, 7) is 2.51. The highest BCUT2D eigenvalue weighted by molar-refractivity contribution is 5.94. The first kappa shape index (κ1) is 20.0. The molecular weight excluding hydrogens is 365 g/mol. The molecule has 1 aromatic heterocycles. The molecule has 3 rings (SSSR count). The highest BCUT2D eigenvalue weighted by Crippen LogP contribution is 2.34. The fraction of sp³-hybridized carbons (Fsp3) is 0.368. The summed E-state index contributed by atoms with van der Waals surface area (Å²) in [6, 6.07) is 5.95. The van der Waals surface area contributed by atoms with Crippen molar-refractivity contribution in [2.45, 2.75) is 6.17 Å². The van der Waals surface area contributed by atoms with E-state index in [1.165, 1.54) is 30.6 Å². The molecule has 0 saturated heterocycles. The van der Waals surface area contributed by atoms with Crippen molar-refractivity contribution in [1.82, 2.24) is 15.3 Å². The molecule has 8 nitrogen and oxygen atoms in total. The van der Waals surface area contributed by atoms with Gasteiger partial charge in [-0.3, -0.25) is 4.98 Å². The number of carboxylic acids is 1. The summed E-state index contributed by atoms with van der Waals surface area (Å²) < 4.78 is 19.5. The number of pyridine rings is 1. The second-order valence-corrected chi connectivity index (χ2v) is 6.70. The van der Waals surface area contributed by atoms with Crippen LogP contribution < -0.4 is 15.8 Å². The third-order valence-corrected chi connectivity index (χ3v) is 4.37. The number of likely N-dealkylation sites (N-methyl/N-ethyl adjacent to an activating group) is 1. The lowest BCUT2D eigenvalue weighted by molar-refractivity contribution is 0.0697. The van der Waals surface area contributed by atoms with Gasteiger partial charge >= 0.3 is 5.97 Å². The second kappa shape index (κ2) is 8.96. The first-order valence-electron chi connectivity index (χ1n) is 8.95. The van der Waals surface area contributed by atoms with Crippen LogP contribution in [0.5, 0.6) is 0 Å². The standard InChI is InChI=1S/C19H24FN5O3/c1-24(2)7-9-28-10-8-25-17-4-3-13(20)11-15(17)18(23-25)22-16-12-21-6-5-14(16)19(26)27/h3-6,11-12,18,22-23H,7-10H2,1-2H3,(H,26,27). The number of benzene rings is 1. The molecule has 1 aromatic carbocycles. The lowest BCUT2D eigenvalue weighted by Gasteiger charge is -2.22. The summed E-state index contributed by atoms with van der Waals surface area (Å²) >= 11 is 0. The molecular formula is C19H24FN5O3. The summed E-state index contributed by atoms with van der Waals surface area (Å²) in [4.78, 5) is 17.5. The molecule has 0 amide bonds. The highest BCUT2D eigenvalue weighted by Gasteiger charge is 2.29. The Labute approximate surface area is 162 Å². The van der Waals surface area contributed by atoms with Crippen LogP contribution in [0.15, 0.2) is 36.7 Å². The van der Waals surface area contributed by atoms with Crippen molar-refractivity contribution in [2.75, 3.05) is 50.7 Å². The van der Waals surface area contributed by atoms with Crippen molar-refractivity contribution in [3.8, 4) is 0 Å². The molecule has 1 aliphatic rings. The molecule has 0 bridgehead atoms. The molecule has 0 saturated carbocycles. The Hall–Kier alpha value is -2.75. The van der Waals surface area contributed by atoms with Crippen LogP contribution in [0.2, 0.25) is 0 Å². The number of carboxylic acid groups (broad SMARTS) is 1. The normalized spacial score (nSPS) is 15.7. The Bertz CT molecular complexity index is 833. The number of halogens is 1. The zero-order chi connectivity index (χ0) is 20.1. The number of rotatable bonds is 9. The number of carbonyl (C=O) groups is 1. The van der Waals surface area contributed by atoms with Gasteiger partial charge in [0.25, 0.3) is 0 Å². The van der Waals surface area contributed by atoms with Crippen LogP contribution >= 0.6 is 0 Å². The van der Waals surface area contributed by atoms with Gasteiger partial charge in [-0.05, 0) is 38.4 Å². The number of anilines is 2. The topological polar surface area (TPSA) is 90.0 Å². The Balaban J connectivity index is 1.72. The summed E-state index contributed by atoms with van der Waals surface area (Å²) in [5, 5.41) is 14.3. The van der Waals surface area contributed by atoms with E-state index in [2.05, 4.69) is 15.7 Å². The number of hydrogen-bond acceptors (Lipinski definition) is 7. The maximum absolute atomic E-state index is 13.8. The number of fused-ring (bicyclic) bond motifs is 1. The van der Waals surface area contributed by atoms with E-state index in [1.807, 2.05) is 24.0 Å². The maximum atomic E-state index is 13.8. The van der Waals surface area contributed by atoms with Crippen LogP contribution in [0.4, 0.5) is 15.8 Å². The van der Waals surface area contributed by atoms with Crippen LogP contribution in [0.3, 0.4) is 0 Å². The smallest absolute Gasteiger partial charge is 0.337 e. The van der Waals surface area contributed by atoms with Crippen molar-refractivity contribution < 1.29 is 19.0 Å². The minimum Gasteiger partial charge on any atom is -0.478 e. The highest BCUT2D eigenvalue weighted by atomic mass is 19.1. The average Bonchev–Trinajstić information content (AvgIpc) is 2.98. The minimum absolute atomic E-state index is 0.0974. The molecule has 0 fully saturated rings. The zero-order valence-corrected chi connectivity index (χ0v) is 15.9. The summed E-state index contributed by atoms with van der Waals surface area (Å²) in [6.07, 6.45) is 2.37. The predicted molar refractivity (Wildman–Crippen MR) is 104 cm³/mol. The molecule has 28 heavy (non-hydrogen) atoms. The van der Waals surface area contributed by atoms with Gasteiger partial charge in [-0.25, -0.2) is 14.6 Å². The molecule has 9 heteroatoms.